The molecule has 3 nitrogen and oxygen atoms in total. The first kappa shape index (κ1) is 16.7. The van der Waals surface area contributed by atoms with E-state index in [0.29, 0.717) is 5.75 Å². The second-order valence-electron chi connectivity index (χ2n) is 5.38. The topological polar surface area (TPSA) is 39.2 Å². The van der Waals surface area contributed by atoms with Crippen molar-refractivity contribution in [2.24, 2.45) is 0 Å². The summed E-state index contributed by atoms with van der Waals surface area (Å²) < 4.78 is 18.2. The van der Waals surface area contributed by atoms with E-state index in [1.165, 1.54) is 0 Å². The molecule has 0 N–H and O–H groups in total. The average molecular weight is 317 g/mol. The lowest BCUT2D eigenvalue weighted by molar-refractivity contribution is 0.407. The van der Waals surface area contributed by atoms with Gasteiger partial charge in [0.2, 0.25) is 0 Å². The zero-order valence-electron chi connectivity index (χ0n) is 13.6. The highest BCUT2D eigenvalue weighted by atomic mass is 32.2. The Morgan fingerprint density at radius 3 is 2.50 bits per heavy atom. The lowest BCUT2D eigenvalue weighted by Gasteiger charge is -2.17. The third kappa shape index (κ3) is 3.55. The molecule has 0 amide bonds. The second-order valence-corrected chi connectivity index (χ2v) is 7.00. The van der Waals surface area contributed by atoms with E-state index in [0.717, 1.165) is 34.6 Å². The van der Waals surface area contributed by atoms with Crippen molar-refractivity contribution in [3.8, 4) is 5.75 Å². The van der Waals surface area contributed by atoms with Crippen molar-refractivity contribution in [1.29, 1.82) is 0 Å². The Kier molecular flexibility index (Phi) is 5.72. The van der Waals surface area contributed by atoms with Gasteiger partial charge in [-0.05, 0) is 25.8 Å². The van der Waals surface area contributed by atoms with E-state index in [1.54, 1.807) is 13.3 Å². The third-order valence-electron chi connectivity index (χ3n) is 3.89. The number of aryl methyl sites for hydroxylation is 1. The maximum Gasteiger partial charge on any atom is 0.128 e. The highest BCUT2D eigenvalue weighted by Crippen LogP contribution is 2.29. The van der Waals surface area contributed by atoms with Gasteiger partial charge in [-0.1, -0.05) is 37.3 Å². The Labute approximate surface area is 135 Å². The van der Waals surface area contributed by atoms with Crippen LogP contribution in [0.2, 0.25) is 0 Å². The SMILES string of the molecule is CCC(c1ccccc1)S(=O)Cc1ncc(C)c(OC)c1C. The number of nitrogens with zero attached hydrogens (tertiary/aromatic N) is 1. The van der Waals surface area contributed by atoms with Crippen molar-refractivity contribution < 1.29 is 8.95 Å². The molecule has 1 aromatic heterocycles. The maximum atomic E-state index is 12.8. The first-order valence-corrected chi connectivity index (χ1v) is 8.87. The molecule has 2 unspecified atom stereocenters. The van der Waals surface area contributed by atoms with Crippen LogP contribution in [-0.2, 0) is 16.6 Å². The van der Waals surface area contributed by atoms with Crippen molar-refractivity contribution in [2.75, 3.05) is 7.11 Å². The molecule has 118 valence electrons. The van der Waals surface area contributed by atoms with E-state index in [4.69, 9.17) is 4.74 Å². The summed E-state index contributed by atoms with van der Waals surface area (Å²) in [7, 11) is 0.657. The molecule has 0 saturated carbocycles. The van der Waals surface area contributed by atoms with Crippen LogP contribution in [0.1, 0.15) is 41.0 Å². The Bertz CT molecular complexity index is 656. The summed E-state index contributed by atoms with van der Waals surface area (Å²) in [6.07, 6.45) is 2.64. The number of pyridine rings is 1. The summed E-state index contributed by atoms with van der Waals surface area (Å²) in [6.45, 7) is 6.03. The van der Waals surface area contributed by atoms with E-state index < -0.39 is 10.8 Å². The number of rotatable bonds is 6. The number of hydrogen-bond donors (Lipinski definition) is 0. The molecule has 0 aliphatic carbocycles. The van der Waals surface area contributed by atoms with E-state index in [9.17, 15) is 4.21 Å². The Morgan fingerprint density at radius 1 is 1.23 bits per heavy atom. The van der Waals surface area contributed by atoms with Gasteiger partial charge in [-0.2, -0.15) is 0 Å². The number of aromatic nitrogens is 1. The van der Waals surface area contributed by atoms with Crippen LogP contribution in [0.4, 0.5) is 0 Å². The normalized spacial score (nSPS) is 13.6. The highest BCUT2D eigenvalue weighted by molar-refractivity contribution is 7.84. The van der Waals surface area contributed by atoms with Gasteiger partial charge in [0.1, 0.15) is 5.75 Å². The van der Waals surface area contributed by atoms with E-state index >= 15 is 0 Å². The molecule has 4 heteroatoms. The summed E-state index contributed by atoms with van der Waals surface area (Å²) in [5, 5.41) is 0.0368. The molecular weight excluding hydrogens is 294 g/mol. The standard InChI is InChI=1S/C18H23NO2S/c1-5-17(15-9-7-6-8-10-15)22(20)12-16-14(3)18(21-4)13(2)11-19-16/h6-11,17H,5,12H2,1-4H3. The summed E-state index contributed by atoms with van der Waals surface area (Å²) in [5.74, 6) is 1.30. The van der Waals surface area contributed by atoms with Gasteiger partial charge in [-0.15, -0.1) is 0 Å². The molecule has 1 aromatic carbocycles. The van der Waals surface area contributed by atoms with Crippen molar-refractivity contribution in [2.45, 2.75) is 38.2 Å². The van der Waals surface area contributed by atoms with Gasteiger partial charge in [0, 0.05) is 28.1 Å². The van der Waals surface area contributed by atoms with Gasteiger partial charge in [0.05, 0.1) is 23.8 Å². The lowest BCUT2D eigenvalue weighted by Crippen LogP contribution is -2.10. The smallest absolute Gasteiger partial charge is 0.128 e. The van der Waals surface area contributed by atoms with Crippen molar-refractivity contribution in [3.05, 3.63) is 58.9 Å². The van der Waals surface area contributed by atoms with Crippen molar-refractivity contribution in [3.63, 3.8) is 0 Å². The zero-order chi connectivity index (χ0) is 16.1. The van der Waals surface area contributed by atoms with Crippen LogP contribution < -0.4 is 4.74 Å². The fraction of sp³-hybridized carbons (Fsp3) is 0.389. The van der Waals surface area contributed by atoms with Gasteiger partial charge in [-0.3, -0.25) is 9.19 Å². The van der Waals surface area contributed by atoms with Gasteiger partial charge < -0.3 is 4.74 Å². The number of hydrogen-bond acceptors (Lipinski definition) is 3. The molecule has 0 radical (unpaired) electrons. The van der Waals surface area contributed by atoms with E-state index in [1.807, 2.05) is 44.2 Å². The summed E-state index contributed by atoms with van der Waals surface area (Å²) in [4.78, 5) is 4.46. The average Bonchev–Trinajstić information content (AvgIpc) is 2.52. The quantitative estimate of drug-likeness (QED) is 0.805. The molecule has 0 bridgehead atoms. The van der Waals surface area contributed by atoms with Crippen LogP contribution in [0, 0.1) is 13.8 Å². The fourth-order valence-electron chi connectivity index (χ4n) is 2.69. The molecule has 0 aliphatic rings. The summed E-state index contributed by atoms with van der Waals surface area (Å²) >= 11 is 0. The molecule has 22 heavy (non-hydrogen) atoms. The summed E-state index contributed by atoms with van der Waals surface area (Å²) in [5.41, 5.74) is 3.97. The maximum absolute atomic E-state index is 12.8. The zero-order valence-corrected chi connectivity index (χ0v) is 14.4. The van der Waals surface area contributed by atoms with Crippen LogP contribution in [0.15, 0.2) is 36.5 Å². The predicted molar refractivity (Wildman–Crippen MR) is 91.6 cm³/mol. The Morgan fingerprint density at radius 2 is 1.91 bits per heavy atom. The molecule has 0 aliphatic heterocycles. The van der Waals surface area contributed by atoms with Gasteiger partial charge in [0.15, 0.2) is 0 Å². The molecular formula is C18H23NO2S. The molecule has 0 fully saturated rings. The monoisotopic (exact) mass is 317 g/mol. The van der Waals surface area contributed by atoms with Gasteiger partial charge in [0.25, 0.3) is 0 Å². The number of methoxy groups -OCH3 is 1. The lowest BCUT2D eigenvalue weighted by atomic mass is 10.1. The largest absolute Gasteiger partial charge is 0.496 e. The first-order valence-electron chi connectivity index (χ1n) is 7.49. The minimum absolute atomic E-state index is 0.0368. The van der Waals surface area contributed by atoms with Crippen LogP contribution in [-0.4, -0.2) is 16.3 Å². The first-order chi connectivity index (χ1) is 10.6. The van der Waals surface area contributed by atoms with Crippen LogP contribution in [0.25, 0.3) is 0 Å². The summed E-state index contributed by atoms with van der Waals surface area (Å²) in [6, 6.07) is 10.1. The fourth-order valence-corrected chi connectivity index (χ4v) is 4.29. The minimum atomic E-state index is -1.00. The van der Waals surface area contributed by atoms with Crippen molar-refractivity contribution in [1.82, 2.24) is 4.98 Å². The van der Waals surface area contributed by atoms with Crippen LogP contribution in [0.5, 0.6) is 5.75 Å². The van der Waals surface area contributed by atoms with Crippen LogP contribution in [0.3, 0.4) is 0 Å². The minimum Gasteiger partial charge on any atom is -0.496 e. The van der Waals surface area contributed by atoms with Crippen LogP contribution >= 0.6 is 0 Å². The molecule has 1 heterocycles. The Balaban J connectivity index is 2.25. The number of benzene rings is 1. The van der Waals surface area contributed by atoms with Gasteiger partial charge >= 0.3 is 0 Å². The predicted octanol–water partition coefficient (Wildman–Crippen LogP) is 4.11. The second kappa shape index (κ2) is 7.54. The Hall–Kier alpha value is -1.68. The van der Waals surface area contributed by atoms with Gasteiger partial charge in [-0.25, -0.2) is 0 Å². The highest BCUT2D eigenvalue weighted by Gasteiger charge is 2.19. The molecule has 2 aromatic rings. The molecule has 2 rings (SSSR count). The van der Waals surface area contributed by atoms with E-state index in [2.05, 4.69) is 11.9 Å². The molecule has 0 saturated heterocycles. The molecule has 2 atom stereocenters. The number of ether oxygens (including phenoxy) is 1. The van der Waals surface area contributed by atoms with E-state index in [-0.39, 0.29) is 5.25 Å². The third-order valence-corrected chi connectivity index (χ3v) is 5.69. The molecule has 0 spiro atoms. The van der Waals surface area contributed by atoms with Crippen molar-refractivity contribution >= 4 is 10.8 Å².